The Labute approximate surface area is 119 Å². The SMILES string of the molecule is CCN(CC1CCCO1)C(=O)N1C[C@@H](C)[C@H](C(=O)O)C1. The summed E-state index contributed by atoms with van der Waals surface area (Å²) in [6, 6.07) is -0.0569. The lowest BCUT2D eigenvalue weighted by Crippen LogP contribution is -2.45. The molecular weight excluding hydrogens is 260 g/mol. The van der Waals surface area contributed by atoms with Crippen molar-refractivity contribution in [2.75, 3.05) is 32.8 Å². The molecule has 2 saturated heterocycles. The van der Waals surface area contributed by atoms with Gasteiger partial charge in [0.25, 0.3) is 0 Å². The lowest BCUT2D eigenvalue weighted by molar-refractivity contribution is -0.142. The van der Waals surface area contributed by atoms with Gasteiger partial charge in [0.2, 0.25) is 0 Å². The maximum absolute atomic E-state index is 12.5. The van der Waals surface area contributed by atoms with Gasteiger partial charge < -0.3 is 19.6 Å². The van der Waals surface area contributed by atoms with E-state index in [0.29, 0.717) is 26.2 Å². The molecular formula is C14H24N2O4. The third-order valence-electron chi connectivity index (χ3n) is 4.30. The van der Waals surface area contributed by atoms with E-state index in [1.807, 2.05) is 13.8 Å². The van der Waals surface area contributed by atoms with Crippen LogP contribution in [0, 0.1) is 11.8 Å². The number of amides is 2. The van der Waals surface area contributed by atoms with Gasteiger partial charge in [-0.05, 0) is 25.7 Å². The van der Waals surface area contributed by atoms with Crippen LogP contribution in [-0.4, -0.2) is 65.8 Å². The Morgan fingerprint density at radius 2 is 2.15 bits per heavy atom. The predicted octanol–water partition coefficient (Wildman–Crippen LogP) is 1.26. The molecule has 2 amide bonds. The van der Waals surface area contributed by atoms with Crippen LogP contribution in [0.15, 0.2) is 0 Å². The minimum Gasteiger partial charge on any atom is -0.481 e. The molecule has 0 saturated carbocycles. The number of nitrogens with zero attached hydrogens (tertiary/aromatic N) is 2. The molecule has 2 fully saturated rings. The summed E-state index contributed by atoms with van der Waals surface area (Å²) in [4.78, 5) is 27.0. The summed E-state index contributed by atoms with van der Waals surface area (Å²) in [6.07, 6.45) is 2.19. The van der Waals surface area contributed by atoms with Crippen molar-refractivity contribution in [2.45, 2.75) is 32.8 Å². The van der Waals surface area contributed by atoms with Crippen LogP contribution in [0.5, 0.6) is 0 Å². The Hall–Kier alpha value is -1.30. The van der Waals surface area contributed by atoms with Gasteiger partial charge in [-0.15, -0.1) is 0 Å². The van der Waals surface area contributed by atoms with Crippen molar-refractivity contribution < 1.29 is 19.4 Å². The van der Waals surface area contributed by atoms with E-state index in [-0.39, 0.29) is 18.1 Å². The van der Waals surface area contributed by atoms with E-state index in [4.69, 9.17) is 9.84 Å². The first-order valence-electron chi connectivity index (χ1n) is 7.41. The van der Waals surface area contributed by atoms with Gasteiger partial charge in [0.05, 0.1) is 12.0 Å². The molecule has 20 heavy (non-hydrogen) atoms. The average molecular weight is 284 g/mol. The first-order valence-corrected chi connectivity index (χ1v) is 7.41. The van der Waals surface area contributed by atoms with Crippen molar-refractivity contribution in [1.29, 1.82) is 0 Å². The third-order valence-corrected chi connectivity index (χ3v) is 4.30. The number of carboxylic acid groups (broad SMARTS) is 1. The van der Waals surface area contributed by atoms with Gasteiger partial charge in [-0.2, -0.15) is 0 Å². The van der Waals surface area contributed by atoms with Crippen molar-refractivity contribution in [2.24, 2.45) is 11.8 Å². The number of carbonyl (C=O) groups is 2. The van der Waals surface area contributed by atoms with Crippen LogP contribution in [-0.2, 0) is 9.53 Å². The normalized spacial score (nSPS) is 29.7. The first-order chi connectivity index (χ1) is 9.52. The Kier molecular flexibility index (Phi) is 4.86. The molecule has 0 bridgehead atoms. The molecule has 0 radical (unpaired) electrons. The van der Waals surface area contributed by atoms with E-state index in [9.17, 15) is 9.59 Å². The zero-order valence-corrected chi connectivity index (χ0v) is 12.2. The second-order valence-electron chi connectivity index (χ2n) is 5.78. The molecule has 0 aromatic heterocycles. The van der Waals surface area contributed by atoms with E-state index in [1.54, 1.807) is 9.80 Å². The molecule has 0 spiro atoms. The highest BCUT2D eigenvalue weighted by Crippen LogP contribution is 2.24. The number of carbonyl (C=O) groups excluding carboxylic acids is 1. The largest absolute Gasteiger partial charge is 0.481 e. The number of hydrogen-bond acceptors (Lipinski definition) is 3. The molecule has 0 aromatic rings. The fraction of sp³-hybridized carbons (Fsp3) is 0.857. The quantitative estimate of drug-likeness (QED) is 0.843. The lowest BCUT2D eigenvalue weighted by atomic mass is 9.99. The maximum Gasteiger partial charge on any atom is 0.320 e. The van der Waals surface area contributed by atoms with Crippen molar-refractivity contribution in [1.82, 2.24) is 9.80 Å². The molecule has 1 N–H and O–H groups in total. The molecule has 0 aromatic carbocycles. The van der Waals surface area contributed by atoms with Crippen LogP contribution in [0.3, 0.4) is 0 Å². The number of likely N-dealkylation sites (N-methyl/N-ethyl adjacent to an activating group) is 1. The van der Waals surface area contributed by atoms with Gasteiger partial charge in [0.15, 0.2) is 0 Å². The summed E-state index contributed by atoms with van der Waals surface area (Å²) in [5, 5.41) is 9.14. The Bertz CT molecular complexity index is 368. The van der Waals surface area contributed by atoms with Gasteiger partial charge in [-0.3, -0.25) is 4.79 Å². The topological polar surface area (TPSA) is 70.1 Å². The Morgan fingerprint density at radius 1 is 1.40 bits per heavy atom. The smallest absolute Gasteiger partial charge is 0.320 e. The van der Waals surface area contributed by atoms with Crippen LogP contribution < -0.4 is 0 Å². The molecule has 0 aliphatic carbocycles. The standard InChI is InChI=1S/C14H24N2O4/c1-3-15(8-11-5-4-6-20-11)14(19)16-7-10(2)12(9-16)13(17)18/h10-12H,3-9H2,1-2H3,(H,17,18)/t10-,11?,12-/m1/s1. The van der Waals surface area contributed by atoms with E-state index >= 15 is 0 Å². The van der Waals surface area contributed by atoms with E-state index in [2.05, 4.69) is 0 Å². The second-order valence-corrected chi connectivity index (χ2v) is 5.78. The summed E-state index contributed by atoms with van der Waals surface area (Å²) in [5.41, 5.74) is 0. The van der Waals surface area contributed by atoms with Gasteiger partial charge in [0.1, 0.15) is 0 Å². The molecule has 6 heteroatoms. The molecule has 2 aliphatic heterocycles. The number of likely N-dealkylation sites (tertiary alicyclic amines) is 1. The van der Waals surface area contributed by atoms with Gasteiger partial charge in [-0.25, -0.2) is 4.79 Å². The lowest BCUT2D eigenvalue weighted by Gasteiger charge is -2.29. The maximum atomic E-state index is 12.5. The van der Waals surface area contributed by atoms with Crippen LogP contribution in [0.1, 0.15) is 26.7 Å². The minimum absolute atomic E-state index is 0.0119. The number of hydrogen-bond donors (Lipinski definition) is 1. The van der Waals surface area contributed by atoms with Crippen molar-refractivity contribution >= 4 is 12.0 Å². The van der Waals surface area contributed by atoms with E-state index in [0.717, 1.165) is 19.4 Å². The number of aliphatic carboxylic acids is 1. The molecule has 114 valence electrons. The van der Waals surface area contributed by atoms with Crippen LogP contribution in [0.25, 0.3) is 0 Å². The number of rotatable bonds is 4. The monoisotopic (exact) mass is 284 g/mol. The van der Waals surface area contributed by atoms with Crippen molar-refractivity contribution in [3.8, 4) is 0 Å². The molecule has 2 heterocycles. The predicted molar refractivity (Wildman–Crippen MR) is 73.5 cm³/mol. The third kappa shape index (κ3) is 3.23. The fourth-order valence-electron chi connectivity index (χ4n) is 3.02. The van der Waals surface area contributed by atoms with Gasteiger partial charge in [-0.1, -0.05) is 6.92 Å². The summed E-state index contributed by atoms with van der Waals surface area (Å²) in [6.45, 7) is 6.69. The van der Waals surface area contributed by atoms with E-state index in [1.165, 1.54) is 0 Å². The van der Waals surface area contributed by atoms with Gasteiger partial charge in [0, 0.05) is 32.8 Å². The highest BCUT2D eigenvalue weighted by atomic mass is 16.5. The molecule has 2 rings (SSSR count). The van der Waals surface area contributed by atoms with Crippen LogP contribution in [0.4, 0.5) is 4.79 Å². The van der Waals surface area contributed by atoms with Crippen LogP contribution >= 0.6 is 0 Å². The average Bonchev–Trinajstić information content (AvgIpc) is 3.04. The molecule has 2 aliphatic rings. The number of ether oxygens (including phenoxy) is 1. The first kappa shape index (κ1) is 15.1. The number of carboxylic acids is 1. The van der Waals surface area contributed by atoms with Crippen molar-refractivity contribution in [3.63, 3.8) is 0 Å². The van der Waals surface area contributed by atoms with Crippen molar-refractivity contribution in [3.05, 3.63) is 0 Å². The zero-order valence-electron chi connectivity index (χ0n) is 12.2. The zero-order chi connectivity index (χ0) is 14.7. The fourth-order valence-corrected chi connectivity index (χ4v) is 3.02. The summed E-state index contributed by atoms with van der Waals surface area (Å²) < 4.78 is 5.57. The van der Waals surface area contributed by atoms with Crippen LogP contribution in [0.2, 0.25) is 0 Å². The highest BCUT2D eigenvalue weighted by Gasteiger charge is 2.38. The molecule has 6 nitrogen and oxygen atoms in total. The highest BCUT2D eigenvalue weighted by molar-refractivity contribution is 5.77. The minimum atomic E-state index is -0.810. The Balaban J connectivity index is 1.93. The number of urea groups is 1. The summed E-state index contributed by atoms with van der Waals surface area (Å²) >= 11 is 0. The summed E-state index contributed by atoms with van der Waals surface area (Å²) in [5.74, 6) is -1.24. The second kappa shape index (κ2) is 6.43. The molecule has 1 unspecified atom stereocenters. The van der Waals surface area contributed by atoms with E-state index < -0.39 is 11.9 Å². The molecule has 3 atom stereocenters. The summed E-state index contributed by atoms with van der Waals surface area (Å²) in [7, 11) is 0. The van der Waals surface area contributed by atoms with Gasteiger partial charge >= 0.3 is 12.0 Å². The Morgan fingerprint density at radius 3 is 2.65 bits per heavy atom.